The first kappa shape index (κ1) is 22.6. The van der Waals surface area contributed by atoms with Crippen molar-refractivity contribution >= 4 is 29.3 Å². The van der Waals surface area contributed by atoms with Crippen LogP contribution in [0, 0.1) is 10.1 Å². The van der Waals surface area contributed by atoms with Gasteiger partial charge in [-0.05, 0) is 36.4 Å². The number of anilines is 1. The lowest BCUT2D eigenvalue weighted by Gasteiger charge is -2.36. The number of carboxylic acids is 1. The number of nitro benzene ring substituents is 1. The Hall–Kier alpha value is -4.08. The number of nitrogens with zero attached hydrogens (tertiary/aromatic N) is 3. The molecular formula is C22H23N3O7. The Bertz CT molecular complexity index is 1060. The molecule has 1 amide bonds. The second-order valence-corrected chi connectivity index (χ2v) is 7.02. The van der Waals surface area contributed by atoms with Crippen molar-refractivity contribution in [1.29, 1.82) is 0 Å². The summed E-state index contributed by atoms with van der Waals surface area (Å²) in [4.78, 5) is 38.1. The monoisotopic (exact) mass is 441 g/mol. The van der Waals surface area contributed by atoms with E-state index in [1.165, 1.54) is 26.4 Å². The molecule has 0 saturated carbocycles. The predicted molar refractivity (Wildman–Crippen MR) is 117 cm³/mol. The van der Waals surface area contributed by atoms with Crippen LogP contribution in [-0.2, 0) is 4.79 Å². The predicted octanol–water partition coefficient (Wildman–Crippen LogP) is 2.67. The summed E-state index contributed by atoms with van der Waals surface area (Å²) in [6.45, 7) is 1.98. The zero-order chi connectivity index (χ0) is 23.3. The normalized spacial score (nSPS) is 13.8. The zero-order valence-corrected chi connectivity index (χ0v) is 17.7. The molecule has 0 radical (unpaired) electrons. The quantitative estimate of drug-likeness (QED) is 0.395. The minimum Gasteiger partial charge on any atom is -0.493 e. The van der Waals surface area contributed by atoms with E-state index in [4.69, 9.17) is 14.6 Å². The van der Waals surface area contributed by atoms with Gasteiger partial charge in [0, 0.05) is 49.6 Å². The maximum atomic E-state index is 12.9. The van der Waals surface area contributed by atoms with Gasteiger partial charge in [-0.25, -0.2) is 4.79 Å². The minimum atomic E-state index is -1.19. The highest BCUT2D eigenvalue weighted by Crippen LogP contribution is 2.29. The molecule has 1 N–H and O–H groups in total. The molecule has 0 atom stereocenters. The highest BCUT2D eigenvalue weighted by atomic mass is 16.6. The largest absolute Gasteiger partial charge is 0.493 e. The summed E-state index contributed by atoms with van der Waals surface area (Å²) < 4.78 is 10.5. The summed E-state index contributed by atoms with van der Waals surface area (Å²) in [7, 11) is 3.04. The summed E-state index contributed by atoms with van der Waals surface area (Å²) in [6, 6.07) is 9.59. The van der Waals surface area contributed by atoms with E-state index < -0.39 is 10.9 Å². The number of amides is 1. The lowest BCUT2D eigenvalue weighted by Crippen LogP contribution is -2.48. The Morgan fingerprint density at radius 1 is 1.03 bits per heavy atom. The van der Waals surface area contributed by atoms with Crippen molar-refractivity contribution < 1.29 is 29.1 Å². The van der Waals surface area contributed by atoms with Crippen molar-refractivity contribution in [1.82, 2.24) is 4.90 Å². The Balaban J connectivity index is 1.73. The molecule has 0 bridgehead atoms. The minimum absolute atomic E-state index is 0.126. The standard InChI is InChI=1S/C22H23N3O7/c1-31-19-7-3-16(14-20(19)32-2)22(28)24-11-9-23(10-12-24)17-5-6-18(25(29)30)15(13-17)4-8-21(26)27/h3-8,13-14H,9-12H2,1-2H3,(H,26,27)/b8-4+. The highest BCUT2D eigenvalue weighted by Gasteiger charge is 2.24. The molecule has 10 nitrogen and oxygen atoms in total. The molecule has 2 aromatic carbocycles. The summed E-state index contributed by atoms with van der Waals surface area (Å²) in [5, 5.41) is 20.1. The maximum Gasteiger partial charge on any atom is 0.328 e. The highest BCUT2D eigenvalue weighted by molar-refractivity contribution is 5.95. The Kier molecular flexibility index (Phi) is 6.93. The average molecular weight is 441 g/mol. The van der Waals surface area contributed by atoms with Gasteiger partial charge in [-0.15, -0.1) is 0 Å². The van der Waals surface area contributed by atoms with E-state index in [9.17, 15) is 19.7 Å². The number of hydrogen-bond donors (Lipinski definition) is 1. The van der Waals surface area contributed by atoms with Gasteiger partial charge in [0.05, 0.1) is 24.7 Å². The van der Waals surface area contributed by atoms with Crippen LogP contribution in [0.5, 0.6) is 11.5 Å². The fourth-order valence-corrected chi connectivity index (χ4v) is 3.52. The van der Waals surface area contributed by atoms with E-state index in [1.54, 1.807) is 35.2 Å². The zero-order valence-electron chi connectivity index (χ0n) is 17.7. The number of aliphatic carboxylic acids is 1. The van der Waals surface area contributed by atoms with E-state index in [-0.39, 0.29) is 17.2 Å². The Morgan fingerprint density at radius 2 is 1.72 bits per heavy atom. The molecule has 1 aliphatic heterocycles. The lowest BCUT2D eigenvalue weighted by molar-refractivity contribution is -0.385. The molecule has 0 aromatic heterocycles. The molecule has 0 aliphatic carbocycles. The lowest BCUT2D eigenvalue weighted by atomic mass is 10.1. The number of methoxy groups -OCH3 is 2. The van der Waals surface area contributed by atoms with Crippen LogP contribution in [0.3, 0.4) is 0 Å². The van der Waals surface area contributed by atoms with Crippen molar-refractivity contribution in [3.8, 4) is 11.5 Å². The van der Waals surface area contributed by atoms with Gasteiger partial charge in [-0.3, -0.25) is 14.9 Å². The smallest absolute Gasteiger partial charge is 0.328 e. The fourth-order valence-electron chi connectivity index (χ4n) is 3.52. The molecule has 32 heavy (non-hydrogen) atoms. The number of carbonyl (C=O) groups excluding carboxylic acids is 1. The third kappa shape index (κ3) is 4.97. The van der Waals surface area contributed by atoms with Gasteiger partial charge < -0.3 is 24.4 Å². The Morgan fingerprint density at radius 3 is 2.31 bits per heavy atom. The van der Waals surface area contributed by atoms with Gasteiger partial charge in [0.1, 0.15) is 0 Å². The van der Waals surface area contributed by atoms with Crippen LogP contribution in [0.25, 0.3) is 6.08 Å². The second-order valence-electron chi connectivity index (χ2n) is 7.02. The number of piperazine rings is 1. The van der Waals surface area contributed by atoms with Crippen molar-refractivity contribution in [3.05, 3.63) is 63.7 Å². The molecule has 1 saturated heterocycles. The molecule has 10 heteroatoms. The van der Waals surface area contributed by atoms with Gasteiger partial charge >= 0.3 is 5.97 Å². The molecule has 168 valence electrons. The van der Waals surface area contributed by atoms with Crippen LogP contribution < -0.4 is 14.4 Å². The topological polar surface area (TPSA) is 122 Å². The molecule has 3 rings (SSSR count). The van der Waals surface area contributed by atoms with E-state index in [1.807, 2.05) is 4.90 Å². The van der Waals surface area contributed by atoms with Crippen LogP contribution in [0.2, 0.25) is 0 Å². The van der Waals surface area contributed by atoms with E-state index in [2.05, 4.69) is 0 Å². The summed E-state index contributed by atoms with van der Waals surface area (Å²) >= 11 is 0. The fraction of sp³-hybridized carbons (Fsp3) is 0.273. The number of carbonyl (C=O) groups is 2. The maximum absolute atomic E-state index is 12.9. The van der Waals surface area contributed by atoms with Crippen molar-refractivity contribution in [2.24, 2.45) is 0 Å². The summed E-state index contributed by atoms with van der Waals surface area (Å²) in [5.74, 6) is -0.295. The third-order valence-corrected chi connectivity index (χ3v) is 5.18. The van der Waals surface area contributed by atoms with E-state index in [0.29, 0.717) is 43.2 Å². The van der Waals surface area contributed by atoms with Crippen LogP contribution >= 0.6 is 0 Å². The van der Waals surface area contributed by atoms with Gasteiger partial charge in [0.2, 0.25) is 0 Å². The first-order chi connectivity index (χ1) is 15.3. The van der Waals surface area contributed by atoms with Gasteiger partial charge in [0.15, 0.2) is 11.5 Å². The molecular weight excluding hydrogens is 418 g/mol. The van der Waals surface area contributed by atoms with Crippen molar-refractivity contribution in [2.45, 2.75) is 0 Å². The van der Waals surface area contributed by atoms with Crippen LogP contribution in [0.4, 0.5) is 11.4 Å². The first-order valence-corrected chi connectivity index (χ1v) is 9.79. The number of rotatable bonds is 7. The number of ether oxygens (including phenoxy) is 2. The second kappa shape index (κ2) is 9.82. The Labute approximate surface area is 184 Å². The van der Waals surface area contributed by atoms with Crippen molar-refractivity contribution in [3.63, 3.8) is 0 Å². The van der Waals surface area contributed by atoms with Gasteiger partial charge in [-0.2, -0.15) is 0 Å². The number of nitro groups is 1. The van der Waals surface area contributed by atoms with Crippen molar-refractivity contribution in [2.75, 3.05) is 45.3 Å². The van der Waals surface area contributed by atoms with Gasteiger partial charge in [-0.1, -0.05) is 0 Å². The van der Waals surface area contributed by atoms with Gasteiger partial charge in [0.25, 0.3) is 11.6 Å². The molecule has 1 heterocycles. The average Bonchev–Trinajstić information content (AvgIpc) is 2.81. The summed E-state index contributed by atoms with van der Waals surface area (Å²) in [5.41, 5.74) is 1.25. The third-order valence-electron chi connectivity index (χ3n) is 5.18. The number of carboxylic acid groups (broad SMARTS) is 1. The van der Waals surface area contributed by atoms with E-state index in [0.717, 1.165) is 11.8 Å². The van der Waals surface area contributed by atoms with Crippen LogP contribution in [-0.4, -0.2) is 67.2 Å². The molecule has 2 aromatic rings. The molecule has 0 spiro atoms. The molecule has 1 fully saturated rings. The number of hydrogen-bond acceptors (Lipinski definition) is 7. The molecule has 0 unspecified atom stereocenters. The first-order valence-electron chi connectivity index (χ1n) is 9.79. The number of benzene rings is 2. The summed E-state index contributed by atoms with van der Waals surface area (Å²) in [6.07, 6.45) is 2.08. The SMILES string of the molecule is COc1ccc(C(=O)N2CCN(c3ccc([N+](=O)[O-])c(/C=C/C(=O)O)c3)CC2)cc1OC. The van der Waals surface area contributed by atoms with Crippen LogP contribution in [0.1, 0.15) is 15.9 Å². The molecule has 1 aliphatic rings. The van der Waals surface area contributed by atoms with Crippen LogP contribution in [0.15, 0.2) is 42.5 Å². The van der Waals surface area contributed by atoms with E-state index >= 15 is 0 Å².